The normalized spacial score (nSPS) is 11.9. The van der Waals surface area contributed by atoms with Gasteiger partial charge in [0.05, 0.1) is 0 Å². The van der Waals surface area contributed by atoms with Gasteiger partial charge in [0.25, 0.3) is 0 Å². The zero-order valence-corrected chi connectivity index (χ0v) is 11.6. The van der Waals surface area contributed by atoms with Crippen LogP contribution in [-0.4, -0.2) is 35.0 Å². The Morgan fingerprint density at radius 1 is 1.29 bits per heavy atom. The Morgan fingerprint density at radius 3 is 2.14 bits per heavy atom. The summed E-state index contributed by atoms with van der Waals surface area (Å²) >= 11 is 3.91. The van der Waals surface area contributed by atoms with E-state index in [0.29, 0.717) is 5.75 Å². The highest BCUT2D eigenvalue weighted by Crippen LogP contribution is 2.13. The number of hydrogen-bond donors (Lipinski definition) is 3. The molecule has 0 bridgehead atoms. The molecule has 0 fully saturated rings. The summed E-state index contributed by atoms with van der Waals surface area (Å²) in [6.45, 7) is 0.265. The minimum Gasteiger partial charge on any atom is -0.475 e. The second-order valence-corrected chi connectivity index (χ2v) is 4.05. The highest BCUT2D eigenvalue weighted by Gasteiger charge is 2.38. The third kappa shape index (κ3) is 8.92. The Hall–Kier alpha value is -1.74. The second-order valence-electron chi connectivity index (χ2n) is 3.69. The van der Waals surface area contributed by atoms with E-state index in [9.17, 15) is 18.0 Å². The van der Waals surface area contributed by atoms with Crippen LogP contribution in [0.3, 0.4) is 0 Å². The van der Waals surface area contributed by atoms with Crippen LogP contribution in [0.1, 0.15) is 5.56 Å². The van der Waals surface area contributed by atoms with Gasteiger partial charge in [-0.25, -0.2) is 4.79 Å². The molecule has 0 aliphatic carbocycles. The minimum atomic E-state index is -5.08. The standard InChI is InChI=1S/C10H13NO2S.C2HF3O2/c11-9(7-14)10(12)13-6-8-4-2-1-3-5-8;3-2(4,5)1(6)7/h1-5,9,14H,6-7,11H2;(H,6,7). The summed E-state index contributed by atoms with van der Waals surface area (Å²) in [4.78, 5) is 20.0. The zero-order valence-electron chi connectivity index (χ0n) is 10.7. The van der Waals surface area contributed by atoms with E-state index in [0.717, 1.165) is 5.56 Å². The van der Waals surface area contributed by atoms with E-state index in [2.05, 4.69) is 12.6 Å². The molecule has 1 rings (SSSR count). The molecular formula is C12H14F3NO4S. The molecular weight excluding hydrogens is 311 g/mol. The Balaban J connectivity index is 0.000000486. The van der Waals surface area contributed by atoms with Gasteiger partial charge in [-0.15, -0.1) is 0 Å². The lowest BCUT2D eigenvalue weighted by atomic mass is 10.2. The first-order chi connectivity index (χ1) is 9.68. The van der Waals surface area contributed by atoms with Crippen LogP contribution in [0.2, 0.25) is 0 Å². The maximum absolute atomic E-state index is 11.2. The van der Waals surface area contributed by atoms with Crippen LogP contribution in [0.5, 0.6) is 0 Å². The molecule has 0 amide bonds. The number of carboxylic acids is 1. The molecule has 0 aliphatic rings. The van der Waals surface area contributed by atoms with Gasteiger partial charge >= 0.3 is 18.1 Å². The Morgan fingerprint density at radius 2 is 1.76 bits per heavy atom. The van der Waals surface area contributed by atoms with E-state index in [-0.39, 0.29) is 6.61 Å². The van der Waals surface area contributed by atoms with E-state index in [1.165, 1.54) is 0 Å². The van der Waals surface area contributed by atoms with Crippen molar-refractivity contribution in [1.29, 1.82) is 0 Å². The average molecular weight is 325 g/mol. The molecule has 1 atom stereocenters. The van der Waals surface area contributed by atoms with Gasteiger partial charge in [-0.05, 0) is 5.56 Å². The number of esters is 1. The molecule has 0 radical (unpaired) electrons. The predicted octanol–water partition coefficient (Wildman–Crippen LogP) is 1.62. The predicted molar refractivity (Wildman–Crippen MR) is 71.8 cm³/mol. The van der Waals surface area contributed by atoms with Gasteiger partial charge in [0.15, 0.2) is 0 Å². The lowest BCUT2D eigenvalue weighted by Gasteiger charge is -2.08. The van der Waals surface area contributed by atoms with E-state index in [1.54, 1.807) is 0 Å². The van der Waals surface area contributed by atoms with Gasteiger partial charge in [-0.1, -0.05) is 30.3 Å². The van der Waals surface area contributed by atoms with Crippen molar-refractivity contribution in [3.8, 4) is 0 Å². The molecule has 21 heavy (non-hydrogen) atoms. The van der Waals surface area contributed by atoms with Crippen molar-refractivity contribution in [2.75, 3.05) is 5.75 Å². The molecule has 0 saturated carbocycles. The highest BCUT2D eigenvalue weighted by molar-refractivity contribution is 7.80. The third-order valence-corrected chi connectivity index (χ3v) is 2.36. The molecule has 3 N–H and O–H groups in total. The number of ether oxygens (including phenoxy) is 1. The first-order valence-corrected chi connectivity index (χ1v) is 6.18. The number of aliphatic carboxylic acids is 1. The molecule has 0 saturated heterocycles. The molecule has 1 unspecified atom stereocenters. The van der Waals surface area contributed by atoms with Crippen molar-refractivity contribution in [1.82, 2.24) is 0 Å². The summed E-state index contributed by atoms with van der Waals surface area (Å²) in [5.41, 5.74) is 6.38. The first-order valence-electron chi connectivity index (χ1n) is 5.55. The average Bonchev–Trinajstić information content (AvgIpc) is 2.44. The summed E-state index contributed by atoms with van der Waals surface area (Å²) in [5, 5.41) is 7.12. The van der Waals surface area contributed by atoms with Gasteiger partial charge in [-0.2, -0.15) is 25.8 Å². The second kappa shape index (κ2) is 9.24. The fraction of sp³-hybridized carbons (Fsp3) is 0.333. The van der Waals surface area contributed by atoms with Crippen molar-refractivity contribution < 1.29 is 32.6 Å². The fourth-order valence-corrected chi connectivity index (χ4v) is 1.06. The van der Waals surface area contributed by atoms with Gasteiger partial charge in [-0.3, -0.25) is 4.79 Å². The van der Waals surface area contributed by atoms with Gasteiger partial charge in [0.1, 0.15) is 12.6 Å². The van der Waals surface area contributed by atoms with E-state index >= 15 is 0 Å². The van der Waals surface area contributed by atoms with Crippen LogP contribution in [0, 0.1) is 0 Å². The van der Waals surface area contributed by atoms with Crippen molar-refractivity contribution in [3.63, 3.8) is 0 Å². The number of nitrogens with two attached hydrogens (primary N) is 1. The van der Waals surface area contributed by atoms with Crippen LogP contribution >= 0.6 is 12.6 Å². The Labute approximate surface area is 124 Å². The lowest BCUT2D eigenvalue weighted by molar-refractivity contribution is -0.192. The maximum atomic E-state index is 11.2. The van der Waals surface area contributed by atoms with Crippen LogP contribution in [0.15, 0.2) is 30.3 Å². The summed E-state index contributed by atoms with van der Waals surface area (Å²) < 4.78 is 36.7. The number of halogens is 3. The maximum Gasteiger partial charge on any atom is 0.490 e. The number of carboxylic acid groups (broad SMARTS) is 1. The number of alkyl halides is 3. The van der Waals surface area contributed by atoms with Crippen molar-refractivity contribution >= 4 is 24.6 Å². The Bertz CT molecular complexity index is 454. The molecule has 0 aliphatic heterocycles. The number of carbonyl (C=O) groups excluding carboxylic acids is 1. The number of carbonyl (C=O) groups is 2. The summed E-state index contributed by atoms with van der Waals surface area (Å²) in [6.07, 6.45) is -5.08. The van der Waals surface area contributed by atoms with Gasteiger partial charge in [0, 0.05) is 5.75 Å². The smallest absolute Gasteiger partial charge is 0.475 e. The van der Waals surface area contributed by atoms with Crippen LogP contribution in [-0.2, 0) is 20.9 Å². The minimum absolute atomic E-state index is 0.265. The molecule has 0 aromatic heterocycles. The molecule has 5 nitrogen and oxygen atoms in total. The highest BCUT2D eigenvalue weighted by atomic mass is 32.1. The van der Waals surface area contributed by atoms with E-state index < -0.39 is 24.2 Å². The first kappa shape index (κ1) is 19.3. The number of benzene rings is 1. The van der Waals surface area contributed by atoms with Gasteiger partial charge in [0.2, 0.25) is 0 Å². The summed E-state index contributed by atoms with van der Waals surface area (Å²) in [5.74, 6) is -2.87. The molecule has 1 aromatic carbocycles. The zero-order chi connectivity index (χ0) is 16.5. The fourth-order valence-electron chi connectivity index (χ4n) is 0.910. The van der Waals surface area contributed by atoms with E-state index in [4.69, 9.17) is 20.4 Å². The van der Waals surface area contributed by atoms with Crippen molar-refractivity contribution in [2.45, 2.75) is 18.8 Å². The Kier molecular flexibility index (Phi) is 8.48. The van der Waals surface area contributed by atoms with Crippen molar-refractivity contribution in [3.05, 3.63) is 35.9 Å². The summed E-state index contributed by atoms with van der Waals surface area (Å²) in [7, 11) is 0. The summed E-state index contributed by atoms with van der Waals surface area (Å²) in [6, 6.07) is 8.83. The number of thiol groups is 1. The SMILES string of the molecule is NC(CS)C(=O)OCc1ccccc1.O=C(O)C(F)(F)F. The lowest BCUT2D eigenvalue weighted by Crippen LogP contribution is -2.33. The van der Waals surface area contributed by atoms with Gasteiger partial charge < -0.3 is 15.6 Å². The molecule has 0 heterocycles. The third-order valence-electron chi connectivity index (χ3n) is 1.97. The monoisotopic (exact) mass is 325 g/mol. The molecule has 0 spiro atoms. The number of hydrogen-bond acceptors (Lipinski definition) is 5. The largest absolute Gasteiger partial charge is 0.490 e. The van der Waals surface area contributed by atoms with Crippen LogP contribution < -0.4 is 5.73 Å². The van der Waals surface area contributed by atoms with E-state index in [1.807, 2.05) is 30.3 Å². The topological polar surface area (TPSA) is 89.6 Å². The quantitative estimate of drug-likeness (QED) is 0.578. The molecule has 118 valence electrons. The van der Waals surface area contributed by atoms with Crippen molar-refractivity contribution in [2.24, 2.45) is 5.73 Å². The van der Waals surface area contributed by atoms with Crippen LogP contribution in [0.4, 0.5) is 13.2 Å². The molecule has 1 aromatic rings. The molecule has 9 heteroatoms. The number of rotatable bonds is 4. The van der Waals surface area contributed by atoms with Crippen LogP contribution in [0.25, 0.3) is 0 Å².